The van der Waals surface area contributed by atoms with Gasteiger partial charge in [-0.15, -0.1) is 0 Å². The minimum Gasteiger partial charge on any atom is -0.455 e. The number of nitrogens with one attached hydrogen (secondary N) is 1. The fraction of sp³-hybridized carbons (Fsp3) is 0. The Morgan fingerprint density at radius 3 is 1.80 bits per heavy atom. The normalized spacial score (nSPS) is 12.4. The molecule has 7 aromatic carbocycles. The van der Waals surface area contributed by atoms with Crippen molar-refractivity contribution in [2.24, 2.45) is 9.98 Å². The SMILES string of the molecule is N=C(N=C(N=Cc1ccccc1)c1ccccc1)c1cccc2c1oc1cc3oc4c(-n5c6ccccc6c6ccccc65)cccc4c3cc12. The number of amidine groups is 2. The number of nitrogens with zero attached hydrogens (tertiary/aromatic N) is 3. The summed E-state index contributed by atoms with van der Waals surface area (Å²) in [5.41, 5.74) is 8.44. The predicted octanol–water partition coefficient (Wildman–Crippen LogP) is 11.5. The zero-order valence-electron chi connectivity index (χ0n) is 27.2. The third-order valence-corrected chi connectivity index (χ3v) is 9.56. The molecule has 6 nitrogen and oxygen atoms in total. The standard InChI is InChI=1S/C45H28N4O2/c46-44(48-45(29-15-5-2-6-16-29)47-27-28-13-3-1-4-14-28)34-21-11-19-32-35-25-36-33-20-12-24-39(43(33)51-41(36)26-40(35)50-42(32)34)49-37-22-9-7-17-30(37)31-18-8-10-23-38(31)49/h1-27,46H. The van der Waals surface area contributed by atoms with Crippen LogP contribution in [-0.4, -0.2) is 22.5 Å². The van der Waals surface area contributed by atoms with Gasteiger partial charge >= 0.3 is 0 Å². The van der Waals surface area contributed by atoms with E-state index in [0.29, 0.717) is 22.6 Å². The van der Waals surface area contributed by atoms with Gasteiger partial charge < -0.3 is 13.4 Å². The molecule has 240 valence electrons. The van der Waals surface area contributed by atoms with E-state index in [9.17, 15) is 0 Å². The van der Waals surface area contributed by atoms with Crippen LogP contribution in [0.5, 0.6) is 0 Å². The molecular formula is C45H28N4O2. The van der Waals surface area contributed by atoms with Crippen molar-refractivity contribution < 1.29 is 8.83 Å². The van der Waals surface area contributed by atoms with E-state index in [1.807, 2.05) is 84.9 Å². The Morgan fingerprint density at radius 1 is 0.529 bits per heavy atom. The monoisotopic (exact) mass is 656 g/mol. The maximum absolute atomic E-state index is 9.13. The molecule has 0 amide bonds. The minimum atomic E-state index is 0.0636. The second-order valence-electron chi connectivity index (χ2n) is 12.6. The molecule has 1 N–H and O–H groups in total. The van der Waals surface area contributed by atoms with Crippen LogP contribution < -0.4 is 0 Å². The summed E-state index contributed by atoms with van der Waals surface area (Å²) in [7, 11) is 0. The van der Waals surface area contributed by atoms with E-state index in [0.717, 1.165) is 60.6 Å². The third kappa shape index (κ3) is 4.69. The van der Waals surface area contributed by atoms with Crippen molar-refractivity contribution in [1.29, 1.82) is 5.41 Å². The van der Waals surface area contributed by atoms with Gasteiger partial charge in [0.15, 0.2) is 17.3 Å². The number of hydrogen-bond acceptors (Lipinski definition) is 3. The summed E-state index contributed by atoms with van der Waals surface area (Å²) in [5.74, 6) is 0.509. The van der Waals surface area contributed by atoms with Crippen LogP contribution in [0.4, 0.5) is 0 Å². The van der Waals surface area contributed by atoms with Crippen LogP contribution in [0.15, 0.2) is 177 Å². The van der Waals surface area contributed by atoms with Crippen molar-refractivity contribution in [2.45, 2.75) is 0 Å². The van der Waals surface area contributed by atoms with E-state index in [1.165, 1.54) is 10.8 Å². The molecule has 6 heteroatoms. The molecule has 10 aromatic rings. The van der Waals surface area contributed by atoms with Gasteiger partial charge in [-0.1, -0.05) is 121 Å². The lowest BCUT2D eigenvalue weighted by atomic mass is 10.1. The number of rotatable bonds is 4. The summed E-state index contributed by atoms with van der Waals surface area (Å²) in [6.45, 7) is 0. The quantitative estimate of drug-likeness (QED) is 0.151. The average molecular weight is 657 g/mol. The zero-order chi connectivity index (χ0) is 33.9. The number of benzene rings is 7. The van der Waals surface area contributed by atoms with Gasteiger partial charge in [-0.25, -0.2) is 9.98 Å². The van der Waals surface area contributed by atoms with Crippen LogP contribution >= 0.6 is 0 Å². The highest BCUT2D eigenvalue weighted by molar-refractivity contribution is 6.21. The lowest BCUT2D eigenvalue weighted by molar-refractivity contribution is 0.654. The van der Waals surface area contributed by atoms with Gasteiger partial charge in [0.05, 0.1) is 22.3 Å². The molecule has 0 aliphatic heterocycles. The van der Waals surface area contributed by atoms with Crippen molar-refractivity contribution in [3.05, 3.63) is 174 Å². The van der Waals surface area contributed by atoms with Crippen molar-refractivity contribution in [2.75, 3.05) is 0 Å². The molecule has 0 aliphatic rings. The number of furan rings is 2. The van der Waals surface area contributed by atoms with Gasteiger partial charge in [-0.05, 0) is 35.9 Å². The Labute approximate surface area is 291 Å². The number of aromatic nitrogens is 1. The second-order valence-corrected chi connectivity index (χ2v) is 12.6. The fourth-order valence-electron chi connectivity index (χ4n) is 7.21. The molecule has 0 fully saturated rings. The number of hydrogen-bond donors (Lipinski definition) is 1. The molecule has 0 unspecified atom stereocenters. The van der Waals surface area contributed by atoms with Gasteiger partial charge in [0.25, 0.3) is 0 Å². The minimum absolute atomic E-state index is 0.0636. The molecule has 10 rings (SSSR count). The summed E-state index contributed by atoms with van der Waals surface area (Å²) in [6.07, 6.45) is 1.77. The highest BCUT2D eigenvalue weighted by Crippen LogP contribution is 2.41. The summed E-state index contributed by atoms with van der Waals surface area (Å²) in [6, 6.07) is 52.9. The topological polar surface area (TPSA) is 79.8 Å². The molecule has 0 aliphatic carbocycles. The first kappa shape index (κ1) is 28.9. The summed E-state index contributed by atoms with van der Waals surface area (Å²) in [4.78, 5) is 9.45. The van der Waals surface area contributed by atoms with Crippen LogP contribution in [0.3, 0.4) is 0 Å². The molecule has 0 saturated carbocycles. The molecule has 0 spiro atoms. The first-order valence-corrected chi connectivity index (χ1v) is 16.8. The molecule has 51 heavy (non-hydrogen) atoms. The second kappa shape index (κ2) is 11.5. The highest BCUT2D eigenvalue weighted by Gasteiger charge is 2.20. The van der Waals surface area contributed by atoms with Crippen LogP contribution in [0.25, 0.3) is 71.4 Å². The van der Waals surface area contributed by atoms with Crippen LogP contribution in [0.1, 0.15) is 16.7 Å². The van der Waals surface area contributed by atoms with Crippen LogP contribution in [0, 0.1) is 5.41 Å². The fourth-order valence-corrected chi connectivity index (χ4v) is 7.21. The molecule has 3 heterocycles. The Balaban J connectivity index is 1.11. The first-order valence-electron chi connectivity index (χ1n) is 16.8. The maximum Gasteiger partial charge on any atom is 0.161 e. The largest absolute Gasteiger partial charge is 0.455 e. The maximum atomic E-state index is 9.13. The number of para-hydroxylation sites is 4. The lowest BCUT2D eigenvalue weighted by Gasteiger charge is -2.08. The lowest BCUT2D eigenvalue weighted by Crippen LogP contribution is -2.04. The van der Waals surface area contributed by atoms with Gasteiger partial charge in [0.1, 0.15) is 16.7 Å². The average Bonchev–Trinajstić information content (AvgIpc) is 3.85. The van der Waals surface area contributed by atoms with Gasteiger partial charge in [-0.3, -0.25) is 5.41 Å². The molecule has 0 saturated heterocycles. The summed E-state index contributed by atoms with van der Waals surface area (Å²) >= 11 is 0. The van der Waals surface area contributed by atoms with Gasteiger partial charge in [-0.2, -0.15) is 0 Å². The van der Waals surface area contributed by atoms with E-state index in [4.69, 9.17) is 24.2 Å². The van der Waals surface area contributed by atoms with E-state index >= 15 is 0 Å². The van der Waals surface area contributed by atoms with Gasteiger partial charge in [0, 0.05) is 50.2 Å². The van der Waals surface area contributed by atoms with Crippen molar-refractivity contribution in [1.82, 2.24) is 4.57 Å². The Kier molecular flexibility index (Phi) is 6.54. The van der Waals surface area contributed by atoms with Crippen LogP contribution in [0.2, 0.25) is 0 Å². The zero-order valence-corrected chi connectivity index (χ0v) is 27.2. The van der Waals surface area contributed by atoms with Crippen molar-refractivity contribution >= 4 is 83.6 Å². The molecule has 3 aromatic heterocycles. The summed E-state index contributed by atoms with van der Waals surface area (Å²) < 4.78 is 15.5. The molecular weight excluding hydrogens is 629 g/mol. The van der Waals surface area contributed by atoms with E-state index < -0.39 is 0 Å². The smallest absolute Gasteiger partial charge is 0.161 e. The van der Waals surface area contributed by atoms with E-state index in [2.05, 4.69) is 77.4 Å². The van der Waals surface area contributed by atoms with E-state index in [-0.39, 0.29) is 5.84 Å². The Hall–Kier alpha value is -7.05. The molecule has 0 atom stereocenters. The van der Waals surface area contributed by atoms with E-state index in [1.54, 1.807) is 6.21 Å². The van der Waals surface area contributed by atoms with Crippen molar-refractivity contribution in [3.63, 3.8) is 0 Å². The number of fused-ring (bicyclic) bond motifs is 9. The predicted molar refractivity (Wildman–Crippen MR) is 209 cm³/mol. The Morgan fingerprint density at radius 2 is 1.10 bits per heavy atom. The Bertz CT molecular complexity index is 2980. The molecule has 0 radical (unpaired) electrons. The number of aliphatic imine (C=N–C) groups is 2. The third-order valence-electron chi connectivity index (χ3n) is 9.56. The molecule has 0 bridgehead atoms. The van der Waals surface area contributed by atoms with Crippen molar-refractivity contribution in [3.8, 4) is 5.69 Å². The van der Waals surface area contributed by atoms with Gasteiger partial charge in [0.2, 0.25) is 0 Å². The summed E-state index contributed by atoms with van der Waals surface area (Å²) in [5, 5.41) is 15.4. The van der Waals surface area contributed by atoms with Crippen LogP contribution in [-0.2, 0) is 0 Å². The first-order chi connectivity index (χ1) is 25.2. The highest BCUT2D eigenvalue weighted by atomic mass is 16.3.